The number of nitrogens with one attached hydrogen (secondary N) is 2. The van der Waals surface area contributed by atoms with Crippen LogP contribution in [0.4, 0.5) is 13.2 Å². The molecule has 0 spiro atoms. The summed E-state index contributed by atoms with van der Waals surface area (Å²) in [7, 11) is -3.68. The highest BCUT2D eigenvalue weighted by molar-refractivity contribution is 7.89. The number of aromatic amines is 1. The monoisotopic (exact) mass is 456 g/mol. The van der Waals surface area contributed by atoms with Gasteiger partial charge in [0.25, 0.3) is 0 Å². The molecule has 166 valence electrons. The number of nitrogens with two attached hydrogens (primary N) is 1. The van der Waals surface area contributed by atoms with E-state index < -0.39 is 28.3 Å². The zero-order valence-corrected chi connectivity index (χ0v) is 17.0. The molecule has 2 aromatic heterocycles. The van der Waals surface area contributed by atoms with Gasteiger partial charge in [0.1, 0.15) is 11.8 Å². The Morgan fingerprint density at radius 1 is 1.26 bits per heavy atom. The van der Waals surface area contributed by atoms with Crippen LogP contribution < -0.4 is 10.5 Å². The Bertz CT molecular complexity index is 1190. The second-order valence-electron chi connectivity index (χ2n) is 6.60. The fourth-order valence-corrected chi connectivity index (χ4v) is 3.95. The van der Waals surface area contributed by atoms with E-state index >= 15 is 0 Å². The van der Waals surface area contributed by atoms with Gasteiger partial charge in [0.15, 0.2) is 0 Å². The van der Waals surface area contributed by atoms with Gasteiger partial charge in [0, 0.05) is 24.7 Å². The molecule has 0 amide bonds. The van der Waals surface area contributed by atoms with E-state index in [4.69, 9.17) is 5.73 Å². The van der Waals surface area contributed by atoms with Crippen molar-refractivity contribution in [1.29, 1.82) is 0 Å². The third-order valence-corrected chi connectivity index (χ3v) is 5.89. The van der Waals surface area contributed by atoms with Gasteiger partial charge in [0.2, 0.25) is 10.0 Å². The predicted molar refractivity (Wildman–Crippen MR) is 106 cm³/mol. The molecule has 31 heavy (non-hydrogen) atoms. The van der Waals surface area contributed by atoms with Crippen molar-refractivity contribution in [2.45, 2.75) is 24.1 Å². The normalized spacial score (nSPS) is 13.3. The maximum atomic E-state index is 12.4. The van der Waals surface area contributed by atoms with Crippen molar-refractivity contribution < 1.29 is 31.1 Å². The number of rotatable bonds is 7. The van der Waals surface area contributed by atoms with Gasteiger partial charge < -0.3 is 15.5 Å². The second-order valence-corrected chi connectivity index (χ2v) is 8.37. The number of nitrogens with zero attached hydrogens (tertiary/aromatic N) is 1. The Morgan fingerprint density at radius 3 is 2.55 bits per heavy atom. The van der Waals surface area contributed by atoms with Gasteiger partial charge in [-0.3, -0.25) is 0 Å². The molecular weight excluding hydrogens is 437 g/mol. The van der Waals surface area contributed by atoms with Crippen molar-refractivity contribution in [2.24, 2.45) is 5.73 Å². The van der Waals surface area contributed by atoms with Crippen LogP contribution in [0.3, 0.4) is 0 Å². The first kappa shape index (κ1) is 22.7. The van der Waals surface area contributed by atoms with Crippen LogP contribution in [0, 0.1) is 0 Å². The Hall–Kier alpha value is -2.96. The summed E-state index contributed by atoms with van der Waals surface area (Å²) < 4.78 is 68.5. The lowest BCUT2D eigenvalue weighted by atomic mass is 10.0. The number of pyridine rings is 1. The van der Waals surface area contributed by atoms with Gasteiger partial charge in [-0.1, -0.05) is 12.1 Å². The number of ether oxygens (including phenoxy) is 1. The number of alkyl halides is 3. The molecule has 0 aliphatic rings. The summed E-state index contributed by atoms with van der Waals surface area (Å²) in [5.41, 5.74) is 7.26. The minimum atomic E-state index is -5.09. The van der Waals surface area contributed by atoms with Gasteiger partial charge in [-0.25, -0.2) is 22.9 Å². The lowest BCUT2D eigenvalue weighted by Crippen LogP contribution is -2.29. The molecule has 3 aromatic rings. The quantitative estimate of drug-likeness (QED) is 0.469. The van der Waals surface area contributed by atoms with E-state index in [1.54, 1.807) is 24.3 Å². The first-order valence-corrected chi connectivity index (χ1v) is 10.6. The van der Waals surface area contributed by atoms with Crippen LogP contribution in [-0.2, 0) is 19.6 Å². The van der Waals surface area contributed by atoms with Gasteiger partial charge in [-0.05, 0) is 42.3 Å². The van der Waals surface area contributed by atoms with Crippen LogP contribution in [0.1, 0.15) is 18.7 Å². The number of halogens is 3. The van der Waals surface area contributed by atoms with E-state index in [0.717, 1.165) is 0 Å². The molecule has 4 N–H and O–H groups in total. The fourth-order valence-electron chi connectivity index (χ4n) is 2.90. The van der Waals surface area contributed by atoms with Crippen molar-refractivity contribution in [2.75, 3.05) is 13.1 Å². The topological polar surface area (TPSA) is 127 Å². The maximum Gasteiger partial charge on any atom is 0.490 e. The Labute approximate surface area is 175 Å². The number of carbonyl (C=O) groups excluding carboxylic acids is 1. The number of fused-ring (bicyclic) bond motifs is 1. The SMILES string of the molecule is CC(OC(=O)C(F)(F)F)c1cc2c(-c3ccc(S(=O)(=O)NCCN)cc3)ccnc2[nH]1. The lowest BCUT2D eigenvalue weighted by molar-refractivity contribution is -0.204. The van der Waals surface area contributed by atoms with Crippen molar-refractivity contribution >= 4 is 27.0 Å². The highest BCUT2D eigenvalue weighted by Gasteiger charge is 2.42. The van der Waals surface area contributed by atoms with Crippen molar-refractivity contribution in [3.63, 3.8) is 0 Å². The first-order chi connectivity index (χ1) is 14.5. The zero-order chi connectivity index (χ0) is 22.8. The molecule has 0 saturated heterocycles. The lowest BCUT2D eigenvalue weighted by Gasteiger charge is -2.12. The van der Waals surface area contributed by atoms with Crippen molar-refractivity contribution in [1.82, 2.24) is 14.7 Å². The van der Waals surface area contributed by atoms with E-state index in [9.17, 15) is 26.4 Å². The summed E-state index contributed by atoms with van der Waals surface area (Å²) >= 11 is 0. The molecule has 3 rings (SSSR count). The number of hydrogen-bond acceptors (Lipinski definition) is 6. The van der Waals surface area contributed by atoms with Crippen LogP contribution in [0.5, 0.6) is 0 Å². The maximum absolute atomic E-state index is 12.4. The number of aromatic nitrogens is 2. The van der Waals surface area contributed by atoms with Crippen molar-refractivity contribution in [3.8, 4) is 11.1 Å². The number of esters is 1. The third kappa shape index (κ3) is 5.03. The summed E-state index contributed by atoms with van der Waals surface area (Å²) in [6, 6.07) is 9.29. The highest BCUT2D eigenvalue weighted by atomic mass is 32.2. The molecule has 8 nitrogen and oxygen atoms in total. The average Bonchev–Trinajstić information content (AvgIpc) is 3.16. The van der Waals surface area contributed by atoms with E-state index in [1.807, 2.05) is 0 Å². The smallest absolute Gasteiger partial charge is 0.450 e. The highest BCUT2D eigenvalue weighted by Crippen LogP contribution is 2.31. The predicted octanol–water partition coefficient (Wildman–Crippen LogP) is 2.63. The molecule has 2 heterocycles. The van der Waals surface area contributed by atoms with Gasteiger partial charge in [0.05, 0.1) is 10.6 Å². The largest absolute Gasteiger partial charge is 0.490 e. The van der Waals surface area contributed by atoms with Gasteiger partial charge >= 0.3 is 12.1 Å². The zero-order valence-electron chi connectivity index (χ0n) is 16.2. The van der Waals surface area contributed by atoms with Crippen molar-refractivity contribution in [3.05, 3.63) is 48.3 Å². The molecule has 0 aliphatic carbocycles. The van der Waals surface area contributed by atoms with E-state index in [1.165, 1.54) is 25.3 Å². The van der Waals surface area contributed by atoms with E-state index in [0.29, 0.717) is 22.2 Å². The molecule has 0 saturated carbocycles. The molecule has 12 heteroatoms. The van der Waals surface area contributed by atoms with Crippen LogP contribution in [0.15, 0.2) is 47.5 Å². The molecule has 1 unspecified atom stereocenters. The Morgan fingerprint density at radius 2 is 1.94 bits per heavy atom. The fraction of sp³-hybridized carbons (Fsp3) is 0.263. The summed E-state index contributed by atoms with van der Waals surface area (Å²) in [5, 5.41) is 0.573. The van der Waals surface area contributed by atoms with E-state index in [2.05, 4.69) is 19.4 Å². The standard InChI is InChI=1S/C19H19F3N4O4S/c1-11(30-18(27)19(20,21)22)16-10-15-14(6-8-24-17(15)26-16)12-2-4-13(5-3-12)31(28,29)25-9-7-23/h2-6,8,10-11,25H,7,9,23H2,1H3,(H,24,26). The summed E-state index contributed by atoms with van der Waals surface area (Å²) in [4.78, 5) is 18.2. The van der Waals surface area contributed by atoms with Gasteiger partial charge in [-0.15, -0.1) is 0 Å². The molecule has 0 aliphatic heterocycles. The van der Waals surface area contributed by atoms with Crippen LogP contribution in [0.25, 0.3) is 22.2 Å². The molecule has 0 bridgehead atoms. The average molecular weight is 456 g/mol. The molecule has 1 atom stereocenters. The summed E-state index contributed by atoms with van der Waals surface area (Å²) in [6.07, 6.45) is -4.78. The number of H-pyrrole nitrogens is 1. The minimum absolute atomic E-state index is 0.0671. The molecule has 0 fully saturated rings. The van der Waals surface area contributed by atoms with Crippen LogP contribution in [-0.4, -0.2) is 43.6 Å². The third-order valence-electron chi connectivity index (χ3n) is 4.42. The number of hydrogen-bond donors (Lipinski definition) is 3. The first-order valence-electron chi connectivity index (χ1n) is 9.08. The number of benzene rings is 1. The van der Waals surface area contributed by atoms with Gasteiger partial charge in [-0.2, -0.15) is 13.2 Å². The van der Waals surface area contributed by atoms with Crippen LogP contribution >= 0.6 is 0 Å². The second kappa shape index (κ2) is 8.65. The number of carbonyl (C=O) groups is 1. The van der Waals surface area contributed by atoms with E-state index in [-0.39, 0.29) is 23.7 Å². The molecule has 0 radical (unpaired) electrons. The summed E-state index contributed by atoms with van der Waals surface area (Å²) in [6.45, 7) is 1.58. The Kier molecular flexibility index (Phi) is 6.34. The Balaban J connectivity index is 1.91. The molecule has 1 aromatic carbocycles. The number of sulfonamides is 1. The minimum Gasteiger partial charge on any atom is -0.450 e. The van der Waals surface area contributed by atoms with Crippen LogP contribution in [0.2, 0.25) is 0 Å². The summed E-state index contributed by atoms with van der Waals surface area (Å²) in [5.74, 6) is -2.29. The molecular formula is C19H19F3N4O4S.